The van der Waals surface area contributed by atoms with Crippen molar-refractivity contribution < 1.29 is 19.0 Å². The Kier molecular flexibility index (Phi) is 6.28. The molecule has 2 rings (SSSR count). The molecule has 0 aromatic heterocycles. The Balaban J connectivity index is 2.15. The second kappa shape index (κ2) is 8.42. The molecule has 2 aromatic rings. The quantitative estimate of drug-likeness (QED) is 0.774. The van der Waals surface area contributed by atoms with Gasteiger partial charge in [0, 0.05) is 13.6 Å². The van der Waals surface area contributed by atoms with E-state index in [1.54, 1.807) is 38.4 Å². The summed E-state index contributed by atoms with van der Waals surface area (Å²) in [6.45, 7) is 2.63. The van der Waals surface area contributed by atoms with Crippen molar-refractivity contribution in [1.29, 1.82) is 0 Å². The lowest BCUT2D eigenvalue weighted by atomic mass is 10.1. The average molecular weight is 343 g/mol. The van der Waals surface area contributed by atoms with Crippen molar-refractivity contribution >= 4 is 5.91 Å². The molecule has 2 aromatic carbocycles. The van der Waals surface area contributed by atoms with Gasteiger partial charge in [-0.15, -0.1) is 0 Å². The number of nitrogens with zero attached hydrogens (tertiary/aromatic N) is 1. The molecule has 0 aliphatic rings. The zero-order chi connectivity index (χ0) is 18.4. The van der Waals surface area contributed by atoms with E-state index in [1.807, 2.05) is 38.2 Å². The fourth-order valence-corrected chi connectivity index (χ4v) is 2.68. The van der Waals surface area contributed by atoms with Crippen LogP contribution in [0.1, 0.15) is 16.7 Å². The van der Waals surface area contributed by atoms with Crippen LogP contribution in [0.4, 0.5) is 0 Å². The second-order valence-corrected chi connectivity index (χ2v) is 5.89. The molecule has 0 heterocycles. The maximum Gasteiger partial charge on any atom is 0.227 e. The van der Waals surface area contributed by atoms with E-state index < -0.39 is 0 Å². The van der Waals surface area contributed by atoms with Gasteiger partial charge in [0.2, 0.25) is 11.7 Å². The summed E-state index contributed by atoms with van der Waals surface area (Å²) >= 11 is 0. The van der Waals surface area contributed by atoms with Gasteiger partial charge in [-0.1, -0.05) is 24.3 Å². The molecule has 0 radical (unpaired) electrons. The average Bonchev–Trinajstić information content (AvgIpc) is 2.62. The van der Waals surface area contributed by atoms with Crippen LogP contribution in [0.2, 0.25) is 0 Å². The maximum atomic E-state index is 12.6. The molecule has 0 N–H and O–H groups in total. The SMILES string of the molecule is COc1cc(CC(=O)N(C)Cc2ccccc2C)cc(OC)c1OC. The molecule has 25 heavy (non-hydrogen) atoms. The maximum absolute atomic E-state index is 12.6. The van der Waals surface area contributed by atoms with Gasteiger partial charge in [0.25, 0.3) is 0 Å². The van der Waals surface area contributed by atoms with E-state index in [9.17, 15) is 4.79 Å². The third-order valence-corrected chi connectivity index (χ3v) is 4.17. The molecule has 0 fully saturated rings. The molecule has 0 unspecified atom stereocenters. The number of likely N-dealkylation sites (N-methyl/N-ethyl adjacent to an activating group) is 1. The van der Waals surface area contributed by atoms with Crippen LogP contribution in [0.15, 0.2) is 36.4 Å². The molecule has 0 aliphatic heterocycles. The number of ether oxygens (including phenoxy) is 3. The van der Waals surface area contributed by atoms with Crippen molar-refractivity contribution in [2.24, 2.45) is 0 Å². The number of benzene rings is 2. The van der Waals surface area contributed by atoms with E-state index in [-0.39, 0.29) is 12.3 Å². The standard InChI is InChI=1S/C20H25NO4/c1-14-8-6-7-9-16(14)13-21(2)19(22)12-15-10-17(23-3)20(25-5)18(11-15)24-4/h6-11H,12-13H2,1-5H3. The summed E-state index contributed by atoms with van der Waals surface area (Å²) in [5.41, 5.74) is 3.13. The zero-order valence-corrected chi connectivity index (χ0v) is 15.5. The number of carbonyl (C=O) groups excluding carboxylic acids is 1. The molecule has 0 saturated heterocycles. The topological polar surface area (TPSA) is 48.0 Å². The monoisotopic (exact) mass is 343 g/mol. The molecule has 134 valence electrons. The Morgan fingerprint density at radius 1 is 1.00 bits per heavy atom. The Bertz CT molecular complexity index is 717. The summed E-state index contributed by atoms with van der Waals surface area (Å²) in [7, 11) is 6.49. The van der Waals surface area contributed by atoms with Crippen LogP contribution in [0.3, 0.4) is 0 Å². The van der Waals surface area contributed by atoms with Gasteiger partial charge >= 0.3 is 0 Å². The highest BCUT2D eigenvalue weighted by molar-refractivity contribution is 5.79. The lowest BCUT2D eigenvalue weighted by molar-refractivity contribution is -0.129. The molecular weight excluding hydrogens is 318 g/mol. The Hall–Kier alpha value is -2.69. The molecule has 5 nitrogen and oxygen atoms in total. The van der Waals surface area contributed by atoms with E-state index in [1.165, 1.54) is 5.56 Å². The van der Waals surface area contributed by atoms with Crippen molar-refractivity contribution in [3.8, 4) is 17.2 Å². The zero-order valence-electron chi connectivity index (χ0n) is 15.5. The number of aryl methyl sites for hydroxylation is 1. The minimum atomic E-state index is 0.0255. The summed E-state index contributed by atoms with van der Waals surface area (Å²) in [5.74, 6) is 1.64. The number of amides is 1. The van der Waals surface area contributed by atoms with E-state index in [0.717, 1.165) is 11.1 Å². The predicted octanol–water partition coefficient (Wildman–Crippen LogP) is 3.22. The van der Waals surface area contributed by atoms with E-state index in [0.29, 0.717) is 23.8 Å². The molecule has 5 heteroatoms. The van der Waals surface area contributed by atoms with Gasteiger partial charge in [0.05, 0.1) is 27.8 Å². The number of hydrogen-bond donors (Lipinski definition) is 0. The smallest absolute Gasteiger partial charge is 0.227 e. The highest BCUT2D eigenvalue weighted by Gasteiger charge is 2.17. The van der Waals surface area contributed by atoms with Crippen LogP contribution in [-0.2, 0) is 17.8 Å². The fraction of sp³-hybridized carbons (Fsp3) is 0.350. The summed E-state index contributed by atoms with van der Waals surface area (Å²) < 4.78 is 16.0. The number of rotatable bonds is 7. The minimum Gasteiger partial charge on any atom is -0.493 e. The van der Waals surface area contributed by atoms with Gasteiger partial charge in [-0.2, -0.15) is 0 Å². The first-order valence-electron chi connectivity index (χ1n) is 8.07. The minimum absolute atomic E-state index is 0.0255. The normalized spacial score (nSPS) is 10.3. The third kappa shape index (κ3) is 4.44. The predicted molar refractivity (Wildman–Crippen MR) is 97.5 cm³/mol. The first-order chi connectivity index (χ1) is 12.0. The number of carbonyl (C=O) groups is 1. The Labute approximate surface area is 149 Å². The van der Waals surface area contributed by atoms with Crippen LogP contribution in [-0.4, -0.2) is 39.2 Å². The highest BCUT2D eigenvalue weighted by atomic mass is 16.5. The van der Waals surface area contributed by atoms with Gasteiger partial charge in [-0.25, -0.2) is 0 Å². The lowest BCUT2D eigenvalue weighted by Crippen LogP contribution is -2.28. The van der Waals surface area contributed by atoms with Crippen LogP contribution in [0.25, 0.3) is 0 Å². The third-order valence-electron chi connectivity index (χ3n) is 4.17. The molecular formula is C20H25NO4. The molecule has 0 atom stereocenters. The Morgan fingerprint density at radius 2 is 1.60 bits per heavy atom. The van der Waals surface area contributed by atoms with Gasteiger partial charge in [0.1, 0.15) is 0 Å². The fourth-order valence-electron chi connectivity index (χ4n) is 2.68. The number of methoxy groups -OCH3 is 3. The lowest BCUT2D eigenvalue weighted by Gasteiger charge is -2.19. The largest absolute Gasteiger partial charge is 0.493 e. The summed E-state index contributed by atoms with van der Waals surface area (Å²) in [4.78, 5) is 14.3. The van der Waals surface area contributed by atoms with Gasteiger partial charge in [-0.3, -0.25) is 4.79 Å². The molecule has 0 bridgehead atoms. The van der Waals surface area contributed by atoms with Gasteiger partial charge in [0.15, 0.2) is 11.5 Å². The van der Waals surface area contributed by atoms with E-state index >= 15 is 0 Å². The van der Waals surface area contributed by atoms with E-state index in [2.05, 4.69) is 0 Å². The molecule has 0 aliphatic carbocycles. The van der Waals surface area contributed by atoms with Crippen LogP contribution >= 0.6 is 0 Å². The van der Waals surface area contributed by atoms with Crippen LogP contribution in [0, 0.1) is 6.92 Å². The van der Waals surface area contributed by atoms with Crippen molar-refractivity contribution in [3.05, 3.63) is 53.1 Å². The Morgan fingerprint density at radius 3 is 2.12 bits per heavy atom. The second-order valence-electron chi connectivity index (χ2n) is 5.89. The number of hydrogen-bond acceptors (Lipinski definition) is 4. The van der Waals surface area contributed by atoms with Crippen molar-refractivity contribution in [3.63, 3.8) is 0 Å². The summed E-state index contributed by atoms with van der Waals surface area (Å²) in [6, 6.07) is 11.7. The molecule has 0 saturated carbocycles. The van der Waals surface area contributed by atoms with Gasteiger partial charge in [-0.05, 0) is 35.7 Å². The van der Waals surface area contributed by atoms with Crippen molar-refractivity contribution in [2.45, 2.75) is 19.9 Å². The van der Waals surface area contributed by atoms with E-state index in [4.69, 9.17) is 14.2 Å². The molecule has 1 amide bonds. The summed E-state index contributed by atoms with van der Waals surface area (Å²) in [6.07, 6.45) is 0.263. The highest BCUT2D eigenvalue weighted by Crippen LogP contribution is 2.38. The van der Waals surface area contributed by atoms with Crippen LogP contribution in [0.5, 0.6) is 17.2 Å². The first-order valence-corrected chi connectivity index (χ1v) is 8.07. The van der Waals surface area contributed by atoms with Gasteiger partial charge < -0.3 is 19.1 Å². The molecule has 0 spiro atoms. The van der Waals surface area contributed by atoms with Crippen molar-refractivity contribution in [1.82, 2.24) is 4.90 Å². The summed E-state index contributed by atoms with van der Waals surface area (Å²) in [5, 5.41) is 0. The van der Waals surface area contributed by atoms with Crippen molar-refractivity contribution in [2.75, 3.05) is 28.4 Å². The first kappa shape index (κ1) is 18.6. The van der Waals surface area contributed by atoms with Crippen LogP contribution < -0.4 is 14.2 Å².